The van der Waals surface area contributed by atoms with E-state index in [9.17, 15) is 4.79 Å². The summed E-state index contributed by atoms with van der Waals surface area (Å²) >= 11 is 0. The summed E-state index contributed by atoms with van der Waals surface area (Å²) < 4.78 is 5.53. The van der Waals surface area contributed by atoms with Crippen molar-refractivity contribution >= 4 is 5.78 Å². The van der Waals surface area contributed by atoms with Crippen molar-refractivity contribution in [3.05, 3.63) is 29.3 Å². The molecule has 1 aromatic rings. The van der Waals surface area contributed by atoms with E-state index in [2.05, 4.69) is 30.0 Å². The molecule has 2 bridgehead atoms. The topological polar surface area (TPSA) is 29.5 Å². The second kappa shape index (κ2) is 5.57. The average molecular weight is 339 g/mol. The van der Waals surface area contributed by atoms with E-state index < -0.39 is 0 Å². The van der Waals surface area contributed by atoms with Crippen LogP contribution in [0.1, 0.15) is 50.2 Å². The second-order valence-electron chi connectivity index (χ2n) is 9.06. The van der Waals surface area contributed by atoms with Crippen LogP contribution in [0.3, 0.4) is 0 Å². The van der Waals surface area contributed by atoms with Gasteiger partial charge in [0.15, 0.2) is 0 Å². The van der Waals surface area contributed by atoms with Crippen molar-refractivity contribution in [2.75, 3.05) is 20.2 Å². The van der Waals surface area contributed by atoms with E-state index in [0.29, 0.717) is 23.7 Å². The van der Waals surface area contributed by atoms with Crippen molar-refractivity contribution in [1.29, 1.82) is 0 Å². The zero-order chi connectivity index (χ0) is 17.2. The zero-order valence-electron chi connectivity index (χ0n) is 15.5. The first-order valence-corrected chi connectivity index (χ1v) is 10.0. The number of likely N-dealkylation sites (tertiary alicyclic amines) is 1. The van der Waals surface area contributed by atoms with Gasteiger partial charge < -0.3 is 4.74 Å². The van der Waals surface area contributed by atoms with Crippen LogP contribution in [0, 0.1) is 17.8 Å². The van der Waals surface area contributed by atoms with Crippen molar-refractivity contribution in [3.63, 3.8) is 0 Å². The van der Waals surface area contributed by atoms with Crippen LogP contribution in [0.25, 0.3) is 0 Å². The lowest BCUT2D eigenvalue weighted by Gasteiger charge is -2.60. The van der Waals surface area contributed by atoms with E-state index in [1.807, 2.05) is 0 Å². The highest BCUT2D eigenvalue weighted by Gasteiger charge is 2.58. The lowest BCUT2D eigenvalue weighted by Crippen LogP contribution is -2.64. The summed E-state index contributed by atoms with van der Waals surface area (Å²) in [5.74, 6) is 3.46. The molecule has 0 amide bonds. The summed E-state index contributed by atoms with van der Waals surface area (Å²) in [5, 5.41) is 0. The van der Waals surface area contributed by atoms with Gasteiger partial charge in [0.2, 0.25) is 0 Å². The maximum Gasteiger partial charge on any atom is 0.134 e. The van der Waals surface area contributed by atoms with Crippen molar-refractivity contribution < 1.29 is 9.53 Å². The summed E-state index contributed by atoms with van der Waals surface area (Å²) in [6, 6.07) is 7.24. The van der Waals surface area contributed by atoms with Gasteiger partial charge in [-0.1, -0.05) is 13.0 Å². The Labute approximate surface area is 150 Å². The molecular formula is C22H29NO2. The highest BCUT2D eigenvalue weighted by atomic mass is 16.5. The molecule has 0 unspecified atom stereocenters. The molecule has 1 aromatic carbocycles. The number of methoxy groups -OCH3 is 1. The Morgan fingerprint density at radius 3 is 2.88 bits per heavy atom. The Balaban J connectivity index is 1.62. The molecule has 3 nitrogen and oxygen atoms in total. The van der Waals surface area contributed by atoms with Crippen molar-refractivity contribution in [1.82, 2.24) is 4.90 Å². The Hall–Kier alpha value is -1.35. The van der Waals surface area contributed by atoms with Gasteiger partial charge in [-0.25, -0.2) is 0 Å². The normalized spacial score (nSPS) is 37.4. The van der Waals surface area contributed by atoms with Gasteiger partial charge >= 0.3 is 0 Å². The minimum atomic E-state index is 0.0571. The first kappa shape index (κ1) is 15.9. The molecule has 0 spiro atoms. The Bertz CT molecular complexity index is 710. The molecule has 3 heteroatoms. The van der Waals surface area contributed by atoms with Crippen LogP contribution in [0.4, 0.5) is 0 Å². The standard InChI is InChI=1S/C22H29NO2/c1-14-9-17(24)12-22-7-8-23(13-15-3-4-15)20(21(14)22)10-16-5-6-18(25-2)11-19(16)22/h5-6,11,14-15,20-21H,3-4,7-10,12-13H2,1-2H3/t14-,20+,21-,22+/m0/s1. The fraction of sp³-hybridized carbons (Fsp3) is 0.682. The number of benzene rings is 1. The minimum Gasteiger partial charge on any atom is -0.497 e. The molecule has 4 atom stereocenters. The third-order valence-electron chi connectivity index (χ3n) is 7.51. The summed E-state index contributed by atoms with van der Waals surface area (Å²) in [5.41, 5.74) is 2.95. The largest absolute Gasteiger partial charge is 0.497 e. The lowest BCUT2D eigenvalue weighted by molar-refractivity contribution is -0.131. The highest BCUT2D eigenvalue weighted by Crippen LogP contribution is 2.57. The van der Waals surface area contributed by atoms with Crippen LogP contribution in [0.5, 0.6) is 5.75 Å². The smallest absolute Gasteiger partial charge is 0.134 e. The molecule has 0 aromatic heterocycles. The predicted molar refractivity (Wildman–Crippen MR) is 98.0 cm³/mol. The Morgan fingerprint density at radius 1 is 1.28 bits per heavy atom. The maximum absolute atomic E-state index is 12.6. The van der Waals surface area contributed by atoms with Crippen LogP contribution < -0.4 is 4.74 Å². The van der Waals surface area contributed by atoms with Crippen LogP contribution >= 0.6 is 0 Å². The fourth-order valence-corrected chi connectivity index (χ4v) is 6.38. The maximum atomic E-state index is 12.6. The van der Waals surface area contributed by atoms with Gasteiger partial charge in [0.25, 0.3) is 0 Å². The van der Waals surface area contributed by atoms with E-state index in [0.717, 1.165) is 43.9 Å². The molecule has 1 saturated heterocycles. The zero-order valence-corrected chi connectivity index (χ0v) is 15.5. The van der Waals surface area contributed by atoms with Gasteiger partial charge in [0.1, 0.15) is 11.5 Å². The van der Waals surface area contributed by atoms with Crippen LogP contribution in [0.2, 0.25) is 0 Å². The third-order valence-corrected chi connectivity index (χ3v) is 7.51. The van der Waals surface area contributed by atoms with Crippen molar-refractivity contribution in [2.45, 2.75) is 56.9 Å². The molecule has 3 aliphatic carbocycles. The molecule has 134 valence electrons. The number of hydrogen-bond acceptors (Lipinski definition) is 3. The second-order valence-corrected chi connectivity index (χ2v) is 9.06. The number of hydrogen-bond donors (Lipinski definition) is 0. The van der Waals surface area contributed by atoms with E-state index in [-0.39, 0.29) is 5.41 Å². The number of carbonyl (C=O) groups excluding carboxylic acids is 1. The number of piperidine rings is 1. The number of rotatable bonds is 3. The Kier molecular flexibility index (Phi) is 3.54. The summed E-state index contributed by atoms with van der Waals surface area (Å²) in [6.45, 7) is 4.77. The highest BCUT2D eigenvalue weighted by molar-refractivity contribution is 5.82. The molecule has 4 aliphatic rings. The molecule has 3 fully saturated rings. The van der Waals surface area contributed by atoms with E-state index in [4.69, 9.17) is 4.74 Å². The quantitative estimate of drug-likeness (QED) is 0.843. The molecule has 1 heterocycles. The van der Waals surface area contributed by atoms with Crippen molar-refractivity contribution in [3.8, 4) is 5.75 Å². The molecule has 2 saturated carbocycles. The number of ether oxygens (including phenoxy) is 1. The molecular weight excluding hydrogens is 310 g/mol. The summed E-state index contributed by atoms with van der Waals surface area (Å²) in [6.07, 6.45) is 6.64. The van der Waals surface area contributed by atoms with E-state index in [1.165, 1.54) is 30.5 Å². The number of fused-ring (bicyclic) bond motifs is 1. The first-order valence-electron chi connectivity index (χ1n) is 10.0. The van der Waals surface area contributed by atoms with Crippen LogP contribution in [-0.2, 0) is 16.6 Å². The van der Waals surface area contributed by atoms with E-state index in [1.54, 1.807) is 7.11 Å². The number of nitrogens with zero attached hydrogens (tertiary/aromatic N) is 1. The van der Waals surface area contributed by atoms with Gasteiger partial charge in [-0.15, -0.1) is 0 Å². The fourth-order valence-electron chi connectivity index (χ4n) is 6.38. The number of Topliss-reactive ketones (excluding diaryl/α,β-unsaturated/α-hetero) is 1. The SMILES string of the molecule is COc1ccc2c(c1)[C@]13CCN(CC4CC4)[C@H](C2)[C@@H]1[C@@H](C)CC(=O)C3. The monoisotopic (exact) mass is 339 g/mol. The van der Waals surface area contributed by atoms with Gasteiger partial charge in [-0.3, -0.25) is 9.69 Å². The van der Waals surface area contributed by atoms with Crippen LogP contribution in [-0.4, -0.2) is 36.9 Å². The van der Waals surface area contributed by atoms with Gasteiger partial charge in [-0.05, 0) is 73.2 Å². The molecule has 1 aliphatic heterocycles. The van der Waals surface area contributed by atoms with Gasteiger partial charge in [-0.2, -0.15) is 0 Å². The Morgan fingerprint density at radius 2 is 2.12 bits per heavy atom. The minimum absolute atomic E-state index is 0.0571. The summed E-state index contributed by atoms with van der Waals surface area (Å²) in [4.78, 5) is 15.4. The third kappa shape index (κ3) is 2.38. The molecule has 25 heavy (non-hydrogen) atoms. The number of carbonyl (C=O) groups is 1. The predicted octanol–water partition coefficient (Wildman–Crippen LogP) is 3.59. The number of ketones is 1. The van der Waals surface area contributed by atoms with Crippen molar-refractivity contribution in [2.24, 2.45) is 17.8 Å². The van der Waals surface area contributed by atoms with Gasteiger partial charge in [0.05, 0.1) is 7.11 Å². The lowest BCUT2D eigenvalue weighted by atomic mass is 9.49. The average Bonchev–Trinajstić information content (AvgIpc) is 3.40. The van der Waals surface area contributed by atoms with Gasteiger partial charge in [0, 0.05) is 30.8 Å². The molecule has 0 radical (unpaired) electrons. The molecule has 0 N–H and O–H groups in total. The van der Waals surface area contributed by atoms with Crippen LogP contribution in [0.15, 0.2) is 18.2 Å². The first-order chi connectivity index (χ1) is 12.1. The summed E-state index contributed by atoms with van der Waals surface area (Å²) in [7, 11) is 1.75. The van der Waals surface area contributed by atoms with E-state index >= 15 is 0 Å². The molecule has 5 rings (SSSR count).